The van der Waals surface area contributed by atoms with E-state index in [0.717, 1.165) is 114 Å². The molecule has 0 fully saturated rings. The molecule has 540 valence electrons. The molecule has 0 radical (unpaired) electrons. The summed E-state index contributed by atoms with van der Waals surface area (Å²) in [6.07, 6.45) is 44.5. The Hall–Kier alpha value is -1.94. The van der Waals surface area contributed by atoms with Gasteiger partial charge in [0.05, 0.1) is 26.4 Å². The second-order valence-corrected chi connectivity index (χ2v) is 30.8. The molecule has 19 heteroatoms. The smallest absolute Gasteiger partial charge is 0.462 e. The molecule has 0 saturated carbocycles. The van der Waals surface area contributed by atoms with Gasteiger partial charge in [0, 0.05) is 25.7 Å². The Bertz CT molecular complexity index is 1800. The normalized spacial score (nSPS) is 14.2. The van der Waals surface area contributed by atoms with Crippen LogP contribution in [0.5, 0.6) is 0 Å². The third-order valence-electron chi connectivity index (χ3n) is 16.6. The first-order valence-electron chi connectivity index (χ1n) is 37.2. The van der Waals surface area contributed by atoms with Gasteiger partial charge in [0.1, 0.15) is 19.3 Å². The Morgan fingerprint density at radius 3 is 0.681 bits per heavy atom. The maximum absolute atomic E-state index is 13.0. The van der Waals surface area contributed by atoms with Crippen molar-refractivity contribution in [2.75, 3.05) is 39.6 Å². The van der Waals surface area contributed by atoms with Crippen molar-refractivity contribution in [2.45, 2.75) is 375 Å². The van der Waals surface area contributed by atoms with Gasteiger partial charge < -0.3 is 33.8 Å². The number of ether oxygens (including phenoxy) is 4. The summed E-state index contributed by atoms with van der Waals surface area (Å²) in [5, 5.41) is 10.6. The van der Waals surface area contributed by atoms with Crippen molar-refractivity contribution in [3.63, 3.8) is 0 Å². The predicted octanol–water partition coefficient (Wildman–Crippen LogP) is 20.5. The lowest BCUT2D eigenvalue weighted by Crippen LogP contribution is -2.30. The summed E-state index contributed by atoms with van der Waals surface area (Å²) in [5.41, 5.74) is 0. The highest BCUT2D eigenvalue weighted by Gasteiger charge is 2.30. The van der Waals surface area contributed by atoms with Crippen molar-refractivity contribution in [1.82, 2.24) is 0 Å². The van der Waals surface area contributed by atoms with E-state index in [4.69, 9.17) is 37.0 Å². The number of aliphatic hydroxyl groups excluding tert-OH is 1. The van der Waals surface area contributed by atoms with E-state index in [9.17, 15) is 43.2 Å². The Morgan fingerprint density at radius 1 is 0.275 bits per heavy atom. The summed E-state index contributed by atoms with van der Waals surface area (Å²) in [6, 6.07) is 0. The summed E-state index contributed by atoms with van der Waals surface area (Å²) in [5.74, 6) is 0.851. The number of carbonyl (C=O) groups excluding carboxylic acids is 4. The summed E-state index contributed by atoms with van der Waals surface area (Å²) in [7, 11) is -9.91. The van der Waals surface area contributed by atoms with Crippen molar-refractivity contribution >= 4 is 39.5 Å². The molecule has 0 aliphatic heterocycles. The van der Waals surface area contributed by atoms with E-state index < -0.39 is 97.5 Å². The number of hydrogen-bond donors (Lipinski definition) is 3. The quantitative estimate of drug-likeness (QED) is 0.0222. The summed E-state index contributed by atoms with van der Waals surface area (Å²) < 4.78 is 68.3. The van der Waals surface area contributed by atoms with Gasteiger partial charge >= 0.3 is 39.5 Å². The Morgan fingerprint density at radius 2 is 0.462 bits per heavy atom. The number of phosphoric ester groups is 2. The van der Waals surface area contributed by atoms with Gasteiger partial charge in [-0.05, 0) is 49.4 Å². The van der Waals surface area contributed by atoms with E-state index in [2.05, 4.69) is 55.4 Å². The van der Waals surface area contributed by atoms with Gasteiger partial charge in [-0.25, -0.2) is 9.13 Å². The number of aliphatic hydroxyl groups is 1. The summed E-state index contributed by atoms with van der Waals surface area (Å²) >= 11 is 0. The standard InChI is InChI=1S/C72H140O17P2/c1-62(2)48-40-32-24-17-13-11-9-10-12-14-19-29-38-46-54-71(76)89-68(59-83-70(75)53-45-37-31-23-27-35-43-51-65(7)8)61-87-91(80,81)85-57-66(73)56-84-90(78,79)86-60-67(58-82-69(74)52-44-36-28-22-21-26-34-42-50-64(5)6)88-72(77)55-47-39-30-20-16-15-18-25-33-41-49-63(3)4/h62-68,73H,9-61H2,1-8H3,(H,78,79)(H,80,81)/t66?,67-,68-/m1/s1. The summed E-state index contributed by atoms with van der Waals surface area (Å²) in [6.45, 7) is 14.1. The zero-order chi connectivity index (χ0) is 67.5. The molecular formula is C72H140O17P2. The highest BCUT2D eigenvalue weighted by atomic mass is 31.2. The summed E-state index contributed by atoms with van der Waals surface area (Å²) in [4.78, 5) is 72.6. The van der Waals surface area contributed by atoms with Gasteiger partial charge in [-0.15, -0.1) is 0 Å². The topological polar surface area (TPSA) is 237 Å². The zero-order valence-electron chi connectivity index (χ0n) is 59.5. The van der Waals surface area contributed by atoms with Gasteiger partial charge in [0.25, 0.3) is 0 Å². The Balaban J connectivity index is 5.24. The minimum Gasteiger partial charge on any atom is -0.462 e. The minimum atomic E-state index is -4.95. The number of esters is 4. The van der Waals surface area contributed by atoms with Crippen LogP contribution < -0.4 is 0 Å². The van der Waals surface area contributed by atoms with Crippen LogP contribution in [0.3, 0.4) is 0 Å². The van der Waals surface area contributed by atoms with E-state index in [1.807, 2.05) is 0 Å². The molecule has 0 saturated heterocycles. The van der Waals surface area contributed by atoms with Crippen LogP contribution in [-0.2, 0) is 65.4 Å². The van der Waals surface area contributed by atoms with Crippen LogP contribution in [0.1, 0.15) is 357 Å². The second-order valence-electron chi connectivity index (χ2n) is 27.9. The molecule has 0 aliphatic rings. The Kier molecular flexibility index (Phi) is 60.3. The van der Waals surface area contributed by atoms with Gasteiger partial charge in [-0.3, -0.25) is 37.3 Å². The SMILES string of the molecule is CC(C)CCCCCCCCCCCCCCCCC(=O)O[C@H](COC(=O)CCCCCCCCCC(C)C)COP(=O)(O)OCC(O)COP(=O)(O)OC[C@@H](COC(=O)CCCCCCCCCCC(C)C)OC(=O)CCCCCCCCCCCCC(C)C. The van der Waals surface area contributed by atoms with Gasteiger partial charge in [0.15, 0.2) is 12.2 Å². The largest absolute Gasteiger partial charge is 0.472 e. The van der Waals surface area contributed by atoms with Crippen molar-refractivity contribution in [3.05, 3.63) is 0 Å². The molecular weight excluding hydrogens is 1200 g/mol. The number of phosphoric acid groups is 2. The van der Waals surface area contributed by atoms with Crippen LogP contribution in [0.2, 0.25) is 0 Å². The lowest BCUT2D eigenvalue weighted by atomic mass is 10.0. The minimum absolute atomic E-state index is 0.105. The maximum Gasteiger partial charge on any atom is 0.472 e. The molecule has 0 bridgehead atoms. The van der Waals surface area contributed by atoms with Crippen molar-refractivity contribution in [3.8, 4) is 0 Å². The van der Waals surface area contributed by atoms with E-state index in [1.54, 1.807) is 0 Å². The number of hydrogen-bond acceptors (Lipinski definition) is 15. The van der Waals surface area contributed by atoms with E-state index in [1.165, 1.54) is 154 Å². The lowest BCUT2D eigenvalue weighted by Gasteiger charge is -2.21. The highest BCUT2D eigenvalue weighted by Crippen LogP contribution is 2.45. The van der Waals surface area contributed by atoms with Gasteiger partial charge in [-0.2, -0.15) is 0 Å². The molecule has 0 amide bonds. The van der Waals surface area contributed by atoms with Gasteiger partial charge in [-0.1, -0.05) is 306 Å². The number of carbonyl (C=O) groups is 4. The predicted molar refractivity (Wildman–Crippen MR) is 367 cm³/mol. The highest BCUT2D eigenvalue weighted by molar-refractivity contribution is 7.47. The second kappa shape index (κ2) is 61.6. The molecule has 3 unspecified atom stereocenters. The molecule has 0 aromatic heterocycles. The van der Waals surface area contributed by atoms with Crippen molar-refractivity contribution in [1.29, 1.82) is 0 Å². The number of rotatable bonds is 69. The molecule has 0 heterocycles. The first-order chi connectivity index (χ1) is 43.6. The van der Waals surface area contributed by atoms with Gasteiger partial charge in [0.2, 0.25) is 0 Å². The molecule has 0 spiro atoms. The molecule has 3 N–H and O–H groups in total. The van der Waals surface area contributed by atoms with E-state index >= 15 is 0 Å². The molecule has 0 aromatic rings. The average Bonchev–Trinajstić information content (AvgIpc) is 2.80. The van der Waals surface area contributed by atoms with Crippen LogP contribution in [0.4, 0.5) is 0 Å². The molecule has 91 heavy (non-hydrogen) atoms. The van der Waals surface area contributed by atoms with Crippen molar-refractivity contribution < 1.29 is 80.2 Å². The van der Waals surface area contributed by atoms with Crippen LogP contribution >= 0.6 is 15.6 Å². The Labute approximate surface area is 556 Å². The first-order valence-corrected chi connectivity index (χ1v) is 40.2. The molecule has 5 atom stereocenters. The maximum atomic E-state index is 13.0. The third-order valence-corrected chi connectivity index (χ3v) is 18.5. The van der Waals surface area contributed by atoms with Crippen LogP contribution in [0.25, 0.3) is 0 Å². The molecule has 0 rings (SSSR count). The molecule has 17 nitrogen and oxygen atoms in total. The van der Waals surface area contributed by atoms with Crippen LogP contribution in [-0.4, -0.2) is 96.7 Å². The fourth-order valence-corrected chi connectivity index (χ4v) is 12.4. The zero-order valence-corrected chi connectivity index (χ0v) is 61.3. The molecule has 0 aromatic carbocycles. The molecule has 0 aliphatic carbocycles. The fourth-order valence-electron chi connectivity index (χ4n) is 10.8. The van der Waals surface area contributed by atoms with Crippen molar-refractivity contribution in [2.24, 2.45) is 23.7 Å². The first kappa shape index (κ1) is 89.1. The van der Waals surface area contributed by atoms with E-state index in [0.29, 0.717) is 31.6 Å². The monoisotopic (exact) mass is 1340 g/mol. The van der Waals surface area contributed by atoms with Crippen LogP contribution in [0, 0.1) is 23.7 Å². The number of unbranched alkanes of at least 4 members (excludes halogenated alkanes) is 35. The third kappa shape index (κ3) is 66.5. The van der Waals surface area contributed by atoms with E-state index in [-0.39, 0.29) is 25.7 Å². The fraction of sp³-hybridized carbons (Fsp3) is 0.944. The van der Waals surface area contributed by atoms with Crippen LogP contribution in [0.15, 0.2) is 0 Å². The lowest BCUT2D eigenvalue weighted by molar-refractivity contribution is -0.161. The average molecular weight is 1340 g/mol.